The van der Waals surface area contributed by atoms with E-state index in [0.717, 1.165) is 35.7 Å². The molecule has 0 aliphatic carbocycles. The van der Waals surface area contributed by atoms with Crippen LogP contribution in [0.15, 0.2) is 22.7 Å². The van der Waals surface area contributed by atoms with Gasteiger partial charge in [0.1, 0.15) is 0 Å². The van der Waals surface area contributed by atoms with Gasteiger partial charge in [-0.3, -0.25) is 4.90 Å². The predicted octanol–water partition coefficient (Wildman–Crippen LogP) is 4.09. The van der Waals surface area contributed by atoms with Crippen LogP contribution in [-0.2, 0) is 0 Å². The van der Waals surface area contributed by atoms with Gasteiger partial charge in [-0.2, -0.15) is 0 Å². The fourth-order valence-electron chi connectivity index (χ4n) is 2.79. The van der Waals surface area contributed by atoms with Gasteiger partial charge in [-0.1, -0.05) is 53.9 Å². The first-order chi connectivity index (χ1) is 9.13. The summed E-state index contributed by atoms with van der Waals surface area (Å²) in [5.41, 5.74) is 1.36. The molecule has 0 aromatic heterocycles. The van der Waals surface area contributed by atoms with Gasteiger partial charge in [0.2, 0.25) is 0 Å². The molecule has 1 heterocycles. The number of piperazine rings is 1. The molecule has 0 amide bonds. The SMILES string of the molecule is CCC(C)[C@H](c1ccc(Cl)cc1Br)N1CCNCC1. The highest BCUT2D eigenvalue weighted by atomic mass is 79.9. The summed E-state index contributed by atoms with van der Waals surface area (Å²) >= 11 is 9.75. The Morgan fingerprint density at radius 3 is 2.63 bits per heavy atom. The summed E-state index contributed by atoms with van der Waals surface area (Å²) < 4.78 is 1.13. The molecule has 1 saturated heterocycles. The fraction of sp³-hybridized carbons (Fsp3) is 0.600. The molecule has 2 nitrogen and oxygen atoms in total. The van der Waals surface area contributed by atoms with E-state index in [-0.39, 0.29) is 0 Å². The number of benzene rings is 1. The van der Waals surface area contributed by atoms with Crippen molar-refractivity contribution >= 4 is 27.5 Å². The van der Waals surface area contributed by atoms with Crippen LogP contribution in [0.25, 0.3) is 0 Å². The normalized spacial score (nSPS) is 20.2. The molecular formula is C15H22BrClN2. The van der Waals surface area contributed by atoms with Gasteiger partial charge >= 0.3 is 0 Å². The van der Waals surface area contributed by atoms with Gasteiger partial charge in [-0.05, 0) is 23.6 Å². The molecular weight excluding hydrogens is 324 g/mol. The maximum Gasteiger partial charge on any atom is 0.0417 e. The van der Waals surface area contributed by atoms with Crippen molar-refractivity contribution in [2.24, 2.45) is 5.92 Å². The molecule has 0 saturated carbocycles. The number of hydrogen-bond donors (Lipinski definition) is 1. The van der Waals surface area contributed by atoms with Gasteiger partial charge in [-0.15, -0.1) is 0 Å². The van der Waals surface area contributed by atoms with Crippen LogP contribution in [0.2, 0.25) is 5.02 Å². The zero-order valence-corrected chi connectivity index (χ0v) is 14.0. The van der Waals surface area contributed by atoms with E-state index >= 15 is 0 Å². The lowest BCUT2D eigenvalue weighted by atomic mass is 9.90. The highest BCUT2D eigenvalue weighted by Crippen LogP contribution is 2.36. The van der Waals surface area contributed by atoms with Crippen molar-refractivity contribution in [1.82, 2.24) is 10.2 Å². The lowest BCUT2D eigenvalue weighted by Crippen LogP contribution is -2.46. The molecule has 19 heavy (non-hydrogen) atoms. The highest BCUT2D eigenvalue weighted by Gasteiger charge is 2.27. The minimum Gasteiger partial charge on any atom is -0.314 e. The maximum absolute atomic E-state index is 6.07. The molecule has 106 valence electrons. The van der Waals surface area contributed by atoms with Crippen LogP contribution < -0.4 is 5.32 Å². The largest absolute Gasteiger partial charge is 0.314 e. The Kier molecular flexibility index (Phi) is 5.70. The molecule has 1 N–H and O–H groups in total. The van der Waals surface area contributed by atoms with E-state index in [0.29, 0.717) is 12.0 Å². The fourth-order valence-corrected chi connectivity index (χ4v) is 3.71. The molecule has 2 atom stereocenters. The molecule has 1 aromatic rings. The standard InChI is InChI=1S/C15H22BrClN2/c1-3-11(2)15(19-8-6-18-7-9-19)13-5-4-12(17)10-14(13)16/h4-5,10-11,15,18H,3,6-9H2,1-2H3/t11?,15-/m1/s1. The van der Waals surface area contributed by atoms with E-state index in [1.165, 1.54) is 12.0 Å². The first-order valence-electron chi connectivity index (χ1n) is 7.03. The average Bonchev–Trinajstić information content (AvgIpc) is 2.42. The summed E-state index contributed by atoms with van der Waals surface area (Å²) in [4.78, 5) is 2.60. The second kappa shape index (κ2) is 7.07. The average molecular weight is 346 g/mol. The van der Waals surface area contributed by atoms with E-state index in [4.69, 9.17) is 11.6 Å². The van der Waals surface area contributed by atoms with Crippen LogP contribution >= 0.6 is 27.5 Å². The molecule has 1 aliphatic heterocycles. The lowest BCUT2D eigenvalue weighted by Gasteiger charge is -2.39. The number of nitrogens with one attached hydrogen (secondary N) is 1. The van der Waals surface area contributed by atoms with E-state index in [2.05, 4.69) is 46.1 Å². The number of halogens is 2. The summed E-state index contributed by atoms with van der Waals surface area (Å²) in [7, 11) is 0. The Labute approximate surface area is 129 Å². The van der Waals surface area contributed by atoms with E-state index in [1.807, 2.05) is 12.1 Å². The van der Waals surface area contributed by atoms with E-state index in [9.17, 15) is 0 Å². The Morgan fingerprint density at radius 2 is 2.05 bits per heavy atom. The van der Waals surface area contributed by atoms with Crippen LogP contribution in [0.1, 0.15) is 31.9 Å². The highest BCUT2D eigenvalue weighted by molar-refractivity contribution is 9.10. The Bertz CT molecular complexity index is 419. The van der Waals surface area contributed by atoms with E-state index < -0.39 is 0 Å². The molecule has 0 spiro atoms. The maximum atomic E-state index is 6.07. The van der Waals surface area contributed by atoms with Gasteiger partial charge in [0.25, 0.3) is 0 Å². The number of hydrogen-bond acceptors (Lipinski definition) is 2. The summed E-state index contributed by atoms with van der Waals surface area (Å²) in [5.74, 6) is 0.635. The monoisotopic (exact) mass is 344 g/mol. The molecule has 2 rings (SSSR count). The van der Waals surface area contributed by atoms with Crippen molar-refractivity contribution in [2.45, 2.75) is 26.3 Å². The van der Waals surface area contributed by atoms with Crippen molar-refractivity contribution in [3.05, 3.63) is 33.3 Å². The Balaban J connectivity index is 2.30. The van der Waals surface area contributed by atoms with Crippen LogP contribution in [0, 0.1) is 5.92 Å². The lowest BCUT2D eigenvalue weighted by molar-refractivity contribution is 0.128. The van der Waals surface area contributed by atoms with Crippen molar-refractivity contribution in [1.29, 1.82) is 0 Å². The first-order valence-corrected chi connectivity index (χ1v) is 8.20. The second-order valence-corrected chi connectivity index (χ2v) is 6.57. The number of rotatable bonds is 4. The van der Waals surface area contributed by atoms with Gasteiger partial charge < -0.3 is 5.32 Å². The third-order valence-corrected chi connectivity index (χ3v) is 4.93. The molecule has 1 fully saturated rings. The molecule has 0 radical (unpaired) electrons. The zero-order valence-electron chi connectivity index (χ0n) is 11.6. The van der Waals surface area contributed by atoms with Crippen LogP contribution in [-0.4, -0.2) is 31.1 Å². The summed E-state index contributed by atoms with van der Waals surface area (Å²) in [5, 5.41) is 4.22. The van der Waals surface area contributed by atoms with E-state index in [1.54, 1.807) is 0 Å². The molecule has 1 aliphatic rings. The zero-order chi connectivity index (χ0) is 13.8. The second-order valence-electron chi connectivity index (χ2n) is 5.28. The minimum atomic E-state index is 0.471. The Hall–Kier alpha value is -0.0900. The molecule has 4 heteroatoms. The van der Waals surface area contributed by atoms with Crippen molar-refractivity contribution in [3.8, 4) is 0 Å². The van der Waals surface area contributed by atoms with Crippen molar-refractivity contribution in [2.75, 3.05) is 26.2 Å². The van der Waals surface area contributed by atoms with Gasteiger partial charge in [0.15, 0.2) is 0 Å². The molecule has 1 aromatic carbocycles. The predicted molar refractivity (Wildman–Crippen MR) is 85.8 cm³/mol. The first kappa shape index (κ1) is 15.3. The van der Waals surface area contributed by atoms with Crippen molar-refractivity contribution < 1.29 is 0 Å². The summed E-state index contributed by atoms with van der Waals surface area (Å²) in [6, 6.07) is 6.65. The number of nitrogens with zero attached hydrogens (tertiary/aromatic N) is 1. The minimum absolute atomic E-state index is 0.471. The quantitative estimate of drug-likeness (QED) is 0.884. The van der Waals surface area contributed by atoms with Gasteiger partial charge in [0.05, 0.1) is 0 Å². The Morgan fingerprint density at radius 1 is 1.37 bits per heavy atom. The van der Waals surface area contributed by atoms with Gasteiger partial charge in [-0.25, -0.2) is 0 Å². The summed E-state index contributed by atoms with van der Waals surface area (Å²) in [6.45, 7) is 9.00. The molecule has 1 unspecified atom stereocenters. The smallest absolute Gasteiger partial charge is 0.0417 e. The third kappa shape index (κ3) is 3.72. The van der Waals surface area contributed by atoms with Crippen LogP contribution in [0.5, 0.6) is 0 Å². The van der Waals surface area contributed by atoms with Crippen molar-refractivity contribution in [3.63, 3.8) is 0 Å². The topological polar surface area (TPSA) is 15.3 Å². The van der Waals surface area contributed by atoms with Gasteiger partial charge in [0, 0.05) is 41.7 Å². The molecule has 0 bridgehead atoms. The third-order valence-electron chi connectivity index (χ3n) is 4.01. The van der Waals surface area contributed by atoms with Crippen LogP contribution in [0.4, 0.5) is 0 Å². The van der Waals surface area contributed by atoms with Crippen LogP contribution in [0.3, 0.4) is 0 Å². The summed E-state index contributed by atoms with van der Waals surface area (Å²) in [6.07, 6.45) is 1.18.